The van der Waals surface area contributed by atoms with Gasteiger partial charge in [-0.3, -0.25) is 0 Å². The highest BCUT2D eigenvalue weighted by molar-refractivity contribution is 5.04. The lowest BCUT2D eigenvalue weighted by atomic mass is 9.84. The third kappa shape index (κ3) is 12.4. The Labute approximate surface area is 376 Å². The molecular formula is C40H82N10O14. The topological polar surface area (TPSA) is 413 Å². The summed E-state index contributed by atoms with van der Waals surface area (Å²) in [5, 5.41) is 73.3. The van der Waals surface area contributed by atoms with Gasteiger partial charge in [0.1, 0.15) is 60.0 Å². The Morgan fingerprint density at radius 3 is 1.31 bits per heavy atom. The summed E-state index contributed by atoms with van der Waals surface area (Å²) >= 11 is 0. The summed E-state index contributed by atoms with van der Waals surface area (Å²) in [4.78, 5) is 0. The fraction of sp³-hybridized carbons (Fsp3) is 1.00. The first kappa shape index (κ1) is 54.0. The van der Waals surface area contributed by atoms with Gasteiger partial charge in [-0.05, 0) is 80.4 Å². The van der Waals surface area contributed by atoms with Crippen molar-refractivity contribution in [3.05, 3.63) is 0 Å². The first-order valence-corrected chi connectivity index (χ1v) is 22.7. The third-order valence-corrected chi connectivity index (χ3v) is 13.8. The molecule has 4 heterocycles. The van der Waals surface area contributed by atoms with E-state index in [-0.39, 0.29) is 43.5 Å². The molecule has 4 aliphatic heterocycles. The Morgan fingerprint density at radius 2 is 0.938 bits per heavy atom. The van der Waals surface area contributed by atoms with Gasteiger partial charge >= 0.3 is 0 Å². The molecule has 6 fully saturated rings. The minimum atomic E-state index is -1.29. The van der Waals surface area contributed by atoms with Crippen LogP contribution >= 0.6 is 0 Å². The lowest BCUT2D eigenvalue weighted by molar-refractivity contribution is -0.307. The van der Waals surface area contributed by atoms with Crippen LogP contribution in [0.2, 0.25) is 0 Å². The van der Waals surface area contributed by atoms with E-state index in [1.54, 1.807) is 27.9 Å². The average Bonchev–Trinajstić information content (AvgIpc) is 3.23. The van der Waals surface area contributed by atoms with E-state index in [0.717, 1.165) is 12.8 Å². The first-order chi connectivity index (χ1) is 30.1. The lowest BCUT2D eigenvalue weighted by Crippen LogP contribution is -2.68. The molecule has 2 aliphatic carbocycles. The highest BCUT2D eigenvalue weighted by Crippen LogP contribution is 2.34. The maximum absolute atomic E-state index is 11.1. The predicted octanol–water partition coefficient (Wildman–Crippen LogP) is -7.30. The SMILES string of the molecule is CNC(C)[C@@H]1CC[C@@H](N)[C@@H](O[C@H]2[C@H](O)[C@@H](O[C@H]3OC[C@](C)(O)[C@H](NC)[C@H]3O)[C@H](N)C[C@@H]2N)O1.CN[C@@H]1[C@@H](O)[C@@H](O[C@@H]2[C@@H](O)[C@H](O[C@H]3O[C@H](CN)CC[C@H]3N)[C@@H](N)C[C@H]2N)OC[C@]1(C)O. The molecule has 0 aromatic heterocycles. The van der Waals surface area contributed by atoms with E-state index < -0.39 is 121 Å². The first-order valence-electron chi connectivity index (χ1n) is 22.7. The number of hydrogen-bond acceptors (Lipinski definition) is 24. The summed E-state index contributed by atoms with van der Waals surface area (Å²) in [6, 6.07) is -4.37. The zero-order chi connectivity index (χ0) is 47.4. The van der Waals surface area contributed by atoms with Crippen LogP contribution in [0.1, 0.15) is 59.3 Å². The Kier molecular flexibility index (Phi) is 19.5. The molecule has 376 valence electrons. The smallest absolute Gasteiger partial charge is 0.185 e. The molecule has 23 N–H and O–H groups in total. The van der Waals surface area contributed by atoms with E-state index >= 15 is 0 Å². The number of hydrogen-bond donors (Lipinski definition) is 16. The number of ether oxygens (including phenoxy) is 8. The van der Waals surface area contributed by atoms with Crippen molar-refractivity contribution < 1.29 is 68.5 Å². The molecule has 24 heteroatoms. The van der Waals surface area contributed by atoms with E-state index in [9.17, 15) is 30.6 Å². The van der Waals surface area contributed by atoms with Crippen LogP contribution in [0.3, 0.4) is 0 Å². The van der Waals surface area contributed by atoms with E-state index in [2.05, 4.69) is 16.0 Å². The Balaban J connectivity index is 0.000000241. The zero-order valence-corrected chi connectivity index (χ0v) is 38.1. The van der Waals surface area contributed by atoms with Crippen LogP contribution < -0.4 is 56.1 Å². The van der Waals surface area contributed by atoms with Crippen molar-refractivity contribution in [2.45, 2.75) is 211 Å². The largest absolute Gasteiger partial charge is 0.388 e. The molecule has 64 heavy (non-hydrogen) atoms. The highest BCUT2D eigenvalue weighted by Gasteiger charge is 2.53. The summed E-state index contributed by atoms with van der Waals surface area (Å²) in [5.74, 6) is 0. The van der Waals surface area contributed by atoms with Gasteiger partial charge in [-0.15, -0.1) is 0 Å². The number of likely N-dealkylation sites (N-methyl/N-ethyl adjacent to an activating group) is 3. The second-order valence-corrected chi connectivity index (χ2v) is 19.1. The number of aliphatic hydroxyl groups is 6. The predicted molar refractivity (Wildman–Crippen MR) is 230 cm³/mol. The van der Waals surface area contributed by atoms with Gasteiger partial charge in [0, 0.05) is 36.8 Å². The van der Waals surface area contributed by atoms with Gasteiger partial charge < -0.3 is 125 Å². The molecule has 0 amide bonds. The van der Waals surface area contributed by atoms with Crippen molar-refractivity contribution in [1.82, 2.24) is 16.0 Å². The fourth-order valence-electron chi connectivity index (χ4n) is 9.73. The zero-order valence-electron chi connectivity index (χ0n) is 38.1. The highest BCUT2D eigenvalue weighted by atomic mass is 16.7. The van der Waals surface area contributed by atoms with Crippen LogP contribution in [0.15, 0.2) is 0 Å². The lowest BCUT2D eigenvalue weighted by Gasteiger charge is -2.48. The van der Waals surface area contributed by atoms with E-state index in [1.165, 1.54) is 0 Å². The Bertz CT molecular complexity index is 1420. The molecule has 0 aromatic carbocycles. The second-order valence-electron chi connectivity index (χ2n) is 19.1. The van der Waals surface area contributed by atoms with Crippen LogP contribution in [0.25, 0.3) is 0 Å². The molecule has 2 saturated carbocycles. The van der Waals surface area contributed by atoms with Crippen LogP contribution in [0, 0.1) is 0 Å². The molecule has 0 aromatic rings. The molecule has 4 saturated heterocycles. The molecule has 0 spiro atoms. The maximum atomic E-state index is 11.1. The summed E-state index contributed by atoms with van der Waals surface area (Å²) in [6.07, 6.45) is -8.70. The molecule has 6 aliphatic rings. The number of nitrogens with one attached hydrogen (secondary N) is 3. The van der Waals surface area contributed by atoms with Gasteiger partial charge in [0.2, 0.25) is 0 Å². The average molecular weight is 927 g/mol. The van der Waals surface area contributed by atoms with E-state index in [0.29, 0.717) is 32.2 Å². The molecule has 1 unspecified atom stereocenters. The molecule has 0 radical (unpaired) electrons. The molecule has 0 bridgehead atoms. The van der Waals surface area contributed by atoms with Gasteiger partial charge in [0.15, 0.2) is 25.2 Å². The van der Waals surface area contributed by atoms with Gasteiger partial charge in [-0.1, -0.05) is 0 Å². The van der Waals surface area contributed by atoms with Gasteiger partial charge in [0.05, 0.1) is 49.6 Å². The molecule has 24 nitrogen and oxygen atoms in total. The number of rotatable bonds is 13. The monoisotopic (exact) mass is 927 g/mol. The third-order valence-electron chi connectivity index (χ3n) is 13.8. The minimum Gasteiger partial charge on any atom is -0.388 e. The van der Waals surface area contributed by atoms with Crippen molar-refractivity contribution in [2.75, 3.05) is 40.9 Å². The van der Waals surface area contributed by atoms with Gasteiger partial charge in [0.25, 0.3) is 0 Å². The van der Waals surface area contributed by atoms with Crippen molar-refractivity contribution in [3.63, 3.8) is 0 Å². The molecular weight excluding hydrogens is 844 g/mol. The normalized spacial score (nSPS) is 50.9. The van der Waals surface area contributed by atoms with E-state index in [1.807, 2.05) is 14.0 Å². The molecule has 6 rings (SSSR count). The Hall–Kier alpha value is -0.960. The van der Waals surface area contributed by atoms with Crippen molar-refractivity contribution in [1.29, 1.82) is 0 Å². The van der Waals surface area contributed by atoms with E-state index in [4.69, 9.17) is 78.0 Å². The van der Waals surface area contributed by atoms with Crippen LogP contribution in [-0.2, 0) is 37.9 Å². The van der Waals surface area contributed by atoms with Crippen molar-refractivity contribution in [2.24, 2.45) is 40.1 Å². The minimum absolute atomic E-state index is 0.0620. The summed E-state index contributed by atoms with van der Waals surface area (Å²) in [7, 11) is 5.11. The maximum Gasteiger partial charge on any atom is 0.185 e. The van der Waals surface area contributed by atoms with Crippen LogP contribution in [0.4, 0.5) is 0 Å². The number of nitrogens with two attached hydrogens (primary N) is 7. The Morgan fingerprint density at radius 1 is 0.562 bits per heavy atom. The summed E-state index contributed by atoms with van der Waals surface area (Å²) in [6.45, 7) is 5.35. The van der Waals surface area contributed by atoms with Gasteiger partial charge in [-0.2, -0.15) is 0 Å². The van der Waals surface area contributed by atoms with Gasteiger partial charge in [-0.25, -0.2) is 0 Å². The summed E-state index contributed by atoms with van der Waals surface area (Å²) in [5.41, 5.74) is 40.5. The second kappa shape index (κ2) is 23.1. The van der Waals surface area contributed by atoms with Crippen LogP contribution in [-0.4, -0.2) is 223 Å². The molecule has 25 atom stereocenters. The quantitative estimate of drug-likeness (QED) is 0.0816. The van der Waals surface area contributed by atoms with Crippen molar-refractivity contribution in [3.8, 4) is 0 Å². The number of aliphatic hydroxyl groups excluding tert-OH is 4. The standard InChI is InChI=1S/C21H43N5O7.C19H39N5O7/c1-9(25-3)13-6-5-10(22)19(31-13)32-16-11(23)7-12(24)17(14(16)27)33-20-15(28)18(26-4)21(2,29)8-30-20;1-19(27)7-28-18(13(26)16(19)24-2)31-15-11(23)5-10(22)14(12(15)25)30-17-9(21)4-3-8(6-20)29-17/h9-20,25-29H,5-8,22-24H2,1-4H3;8-18,24-27H,3-7,20-23H2,1-2H3/t9?,10-,11+,12-,13+,14+,15-,16-,17+,18-,19-,20-,21+;8-,9+,10-,11+,12-,13+,14+,15-,16+,17+,18+,19-/m10/s1. The van der Waals surface area contributed by atoms with Crippen molar-refractivity contribution >= 4 is 0 Å². The van der Waals surface area contributed by atoms with Crippen LogP contribution in [0.5, 0.6) is 0 Å². The fourth-order valence-corrected chi connectivity index (χ4v) is 9.73. The summed E-state index contributed by atoms with van der Waals surface area (Å²) < 4.78 is 47.0.